The van der Waals surface area contributed by atoms with Gasteiger partial charge in [-0.2, -0.15) is 0 Å². The lowest BCUT2D eigenvalue weighted by atomic mass is 9.98. The van der Waals surface area contributed by atoms with E-state index >= 15 is 0 Å². The second kappa shape index (κ2) is 4.76. The molecule has 2 heteroatoms. The summed E-state index contributed by atoms with van der Waals surface area (Å²) in [6.07, 6.45) is 12.9. The second-order valence-electron chi connectivity index (χ2n) is 4.46. The van der Waals surface area contributed by atoms with Crippen molar-refractivity contribution in [1.82, 2.24) is 4.57 Å². The molecule has 2 aromatic rings. The minimum absolute atomic E-state index is 0.359. The molecule has 1 heterocycles. The van der Waals surface area contributed by atoms with Crippen LogP contribution in [-0.4, -0.2) is 4.57 Å². The SMILES string of the molecule is Cn1c(I)c(C2C=CC=CC=C2)c2ccccc21. The number of aryl methyl sites for hydroxylation is 1. The molecule has 0 radical (unpaired) electrons. The quantitative estimate of drug-likeness (QED) is 0.667. The van der Waals surface area contributed by atoms with Crippen molar-refractivity contribution in [3.05, 3.63) is 70.0 Å². The third-order valence-corrected chi connectivity index (χ3v) is 4.68. The lowest BCUT2D eigenvalue weighted by molar-refractivity contribution is 0.914. The molecule has 0 bridgehead atoms. The summed E-state index contributed by atoms with van der Waals surface area (Å²) in [5, 5.41) is 1.35. The zero-order valence-electron chi connectivity index (χ0n) is 10.2. The Kier molecular flexibility index (Phi) is 3.12. The van der Waals surface area contributed by atoms with E-state index in [9.17, 15) is 0 Å². The van der Waals surface area contributed by atoms with Gasteiger partial charge in [0.05, 0.1) is 3.70 Å². The lowest BCUT2D eigenvalue weighted by Crippen LogP contribution is -1.96. The highest BCUT2D eigenvalue weighted by atomic mass is 127. The van der Waals surface area contributed by atoms with Crippen LogP contribution in [0.1, 0.15) is 11.5 Å². The fourth-order valence-corrected chi connectivity index (χ4v) is 3.37. The molecule has 0 unspecified atom stereocenters. The van der Waals surface area contributed by atoms with Crippen LogP contribution < -0.4 is 0 Å². The third kappa shape index (κ3) is 1.85. The molecule has 3 rings (SSSR count). The Labute approximate surface area is 121 Å². The van der Waals surface area contributed by atoms with E-state index in [0.29, 0.717) is 5.92 Å². The topological polar surface area (TPSA) is 4.93 Å². The van der Waals surface area contributed by atoms with E-state index in [-0.39, 0.29) is 0 Å². The molecule has 0 fully saturated rings. The van der Waals surface area contributed by atoms with Crippen molar-refractivity contribution in [3.8, 4) is 0 Å². The molecule has 1 nitrogen and oxygen atoms in total. The lowest BCUT2D eigenvalue weighted by Gasteiger charge is -2.07. The highest BCUT2D eigenvalue weighted by Gasteiger charge is 2.17. The highest BCUT2D eigenvalue weighted by Crippen LogP contribution is 2.34. The van der Waals surface area contributed by atoms with Crippen LogP contribution in [0.15, 0.2) is 60.7 Å². The number of benzene rings is 1. The van der Waals surface area contributed by atoms with E-state index in [1.54, 1.807) is 0 Å². The molecule has 1 aliphatic rings. The van der Waals surface area contributed by atoms with E-state index in [1.807, 2.05) is 0 Å². The summed E-state index contributed by atoms with van der Waals surface area (Å²) in [4.78, 5) is 0. The van der Waals surface area contributed by atoms with E-state index in [0.717, 1.165) is 0 Å². The number of rotatable bonds is 1. The summed E-state index contributed by atoms with van der Waals surface area (Å²) in [7, 11) is 2.13. The highest BCUT2D eigenvalue weighted by molar-refractivity contribution is 14.1. The van der Waals surface area contributed by atoms with Crippen LogP contribution in [0, 0.1) is 3.70 Å². The number of allylic oxidation sites excluding steroid dienone is 6. The summed E-state index contributed by atoms with van der Waals surface area (Å²) >= 11 is 2.45. The Morgan fingerprint density at radius 1 is 1.00 bits per heavy atom. The Bertz CT molecular complexity index is 658. The van der Waals surface area contributed by atoms with Crippen molar-refractivity contribution in [3.63, 3.8) is 0 Å². The molecule has 1 aromatic heterocycles. The fourth-order valence-electron chi connectivity index (χ4n) is 2.46. The first kappa shape index (κ1) is 11.8. The van der Waals surface area contributed by atoms with Crippen molar-refractivity contribution in [2.45, 2.75) is 5.92 Å². The van der Waals surface area contributed by atoms with Crippen LogP contribution in [0.4, 0.5) is 0 Å². The van der Waals surface area contributed by atoms with Crippen LogP contribution in [0.3, 0.4) is 0 Å². The van der Waals surface area contributed by atoms with Gasteiger partial charge in [-0.05, 0) is 28.7 Å². The predicted molar refractivity (Wildman–Crippen MR) is 85.8 cm³/mol. The maximum atomic E-state index is 2.45. The number of fused-ring (bicyclic) bond motifs is 1. The van der Waals surface area contributed by atoms with E-state index in [1.165, 1.54) is 20.2 Å². The zero-order valence-corrected chi connectivity index (χ0v) is 12.3. The average molecular weight is 347 g/mol. The first-order chi connectivity index (χ1) is 8.79. The van der Waals surface area contributed by atoms with Crippen LogP contribution in [-0.2, 0) is 7.05 Å². The number of aromatic nitrogens is 1. The minimum Gasteiger partial charge on any atom is -0.339 e. The molecule has 0 amide bonds. The Hall–Kier alpha value is -1.29. The maximum Gasteiger partial charge on any atom is 0.0848 e. The smallest absolute Gasteiger partial charge is 0.0848 e. The van der Waals surface area contributed by atoms with Gasteiger partial charge in [0.1, 0.15) is 0 Å². The molecule has 1 aliphatic carbocycles. The van der Waals surface area contributed by atoms with Crippen LogP contribution in [0.5, 0.6) is 0 Å². The number of nitrogens with zero attached hydrogens (tertiary/aromatic N) is 1. The molecule has 0 saturated heterocycles. The summed E-state index contributed by atoms with van der Waals surface area (Å²) in [5.74, 6) is 0.359. The van der Waals surface area contributed by atoms with Gasteiger partial charge in [-0.25, -0.2) is 0 Å². The first-order valence-corrected chi connectivity index (χ1v) is 7.11. The summed E-state index contributed by atoms with van der Waals surface area (Å²) < 4.78 is 3.58. The number of para-hydroxylation sites is 1. The van der Waals surface area contributed by atoms with E-state index in [2.05, 4.69) is 94.9 Å². The normalized spacial score (nSPS) is 15.4. The molecule has 0 N–H and O–H groups in total. The molecular weight excluding hydrogens is 333 g/mol. The molecule has 0 atom stereocenters. The fraction of sp³-hybridized carbons (Fsp3) is 0.125. The average Bonchev–Trinajstić information content (AvgIpc) is 2.61. The van der Waals surface area contributed by atoms with Gasteiger partial charge in [0.25, 0.3) is 0 Å². The van der Waals surface area contributed by atoms with Crippen molar-refractivity contribution in [2.24, 2.45) is 7.05 Å². The van der Waals surface area contributed by atoms with Crippen molar-refractivity contribution in [2.75, 3.05) is 0 Å². The van der Waals surface area contributed by atoms with Gasteiger partial charge in [0.15, 0.2) is 0 Å². The van der Waals surface area contributed by atoms with E-state index < -0.39 is 0 Å². The molecule has 18 heavy (non-hydrogen) atoms. The Morgan fingerprint density at radius 3 is 2.39 bits per heavy atom. The van der Waals surface area contributed by atoms with Gasteiger partial charge < -0.3 is 4.57 Å². The molecular formula is C16H14IN. The number of halogens is 1. The van der Waals surface area contributed by atoms with Gasteiger partial charge >= 0.3 is 0 Å². The monoisotopic (exact) mass is 347 g/mol. The predicted octanol–water partition coefficient (Wildman–Crippen LogP) is 4.55. The van der Waals surface area contributed by atoms with Gasteiger partial charge in [-0.15, -0.1) is 0 Å². The van der Waals surface area contributed by atoms with Crippen LogP contribution in [0.25, 0.3) is 10.9 Å². The number of hydrogen-bond donors (Lipinski definition) is 0. The van der Waals surface area contributed by atoms with Crippen molar-refractivity contribution in [1.29, 1.82) is 0 Å². The minimum atomic E-state index is 0.359. The van der Waals surface area contributed by atoms with Gasteiger partial charge in [0, 0.05) is 29.4 Å². The van der Waals surface area contributed by atoms with Crippen molar-refractivity contribution < 1.29 is 0 Å². The molecule has 90 valence electrons. The largest absolute Gasteiger partial charge is 0.339 e. The Balaban J connectivity index is 2.26. The first-order valence-electron chi connectivity index (χ1n) is 6.03. The molecule has 0 saturated carbocycles. The number of hydrogen-bond acceptors (Lipinski definition) is 0. The third-order valence-electron chi connectivity index (χ3n) is 3.38. The summed E-state index contributed by atoms with van der Waals surface area (Å²) in [6.45, 7) is 0. The second-order valence-corrected chi connectivity index (χ2v) is 5.48. The zero-order chi connectivity index (χ0) is 12.5. The molecule has 1 aromatic carbocycles. The van der Waals surface area contributed by atoms with Gasteiger partial charge in [-0.1, -0.05) is 54.7 Å². The standard InChI is InChI=1S/C16H14IN/c1-18-14-11-7-6-10-13(14)15(16(18)17)12-8-4-2-3-5-9-12/h2-12H,1H3. The van der Waals surface area contributed by atoms with Gasteiger partial charge in [-0.3, -0.25) is 0 Å². The summed E-state index contributed by atoms with van der Waals surface area (Å²) in [6, 6.07) is 8.61. The van der Waals surface area contributed by atoms with Crippen LogP contribution >= 0.6 is 22.6 Å². The van der Waals surface area contributed by atoms with Crippen molar-refractivity contribution >= 4 is 33.5 Å². The molecule has 0 aliphatic heterocycles. The molecule has 0 spiro atoms. The maximum absolute atomic E-state index is 2.45. The van der Waals surface area contributed by atoms with Gasteiger partial charge in [0.2, 0.25) is 0 Å². The van der Waals surface area contributed by atoms with Crippen LogP contribution in [0.2, 0.25) is 0 Å². The Morgan fingerprint density at radius 2 is 1.67 bits per heavy atom. The van der Waals surface area contributed by atoms with E-state index in [4.69, 9.17) is 0 Å². The summed E-state index contributed by atoms with van der Waals surface area (Å²) in [5.41, 5.74) is 2.71.